The molecule has 1 nitrogen and oxygen atoms in total. The second-order valence-corrected chi connectivity index (χ2v) is 4.19. The summed E-state index contributed by atoms with van der Waals surface area (Å²) in [6, 6.07) is 14.2. The van der Waals surface area contributed by atoms with Gasteiger partial charge in [-0.1, -0.05) is 48.6 Å². The fourth-order valence-electron chi connectivity index (χ4n) is 1.82. The van der Waals surface area contributed by atoms with Crippen LogP contribution in [0.4, 0.5) is 4.39 Å². The predicted octanol–water partition coefficient (Wildman–Crippen LogP) is 4.05. The zero-order valence-corrected chi connectivity index (χ0v) is 10.2. The van der Waals surface area contributed by atoms with Crippen LogP contribution >= 0.6 is 0 Å². The van der Waals surface area contributed by atoms with Crippen LogP contribution in [0.2, 0.25) is 0 Å². The first-order valence-corrected chi connectivity index (χ1v) is 5.87. The van der Waals surface area contributed by atoms with Crippen molar-refractivity contribution in [2.24, 2.45) is 0 Å². The van der Waals surface area contributed by atoms with Crippen LogP contribution in [0.25, 0.3) is 12.2 Å². The summed E-state index contributed by atoms with van der Waals surface area (Å²) in [7, 11) is 0. The number of aliphatic hydroxyl groups excluding tert-OH is 1. The van der Waals surface area contributed by atoms with Gasteiger partial charge in [-0.05, 0) is 35.7 Å². The number of hydrogen-bond donors (Lipinski definition) is 1. The van der Waals surface area contributed by atoms with E-state index in [1.807, 2.05) is 42.5 Å². The predicted molar refractivity (Wildman–Crippen MR) is 72.4 cm³/mol. The van der Waals surface area contributed by atoms with Crippen LogP contribution in [0.3, 0.4) is 0 Å². The summed E-state index contributed by atoms with van der Waals surface area (Å²) >= 11 is 0. The fraction of sp³-hybridized carbons (Fsp3) is 0.125. The standard InChI is InChI=1S/C16H15FO/c1-12(18)16-10-9-15(17)11-14(16)8-7-13-5-3-2-4-6-13/h2-12,18H,1H3/b8-7+/t12-/m0/s1. The number of halogens is 1. The van der Waals surface area contributed by atoms with Crippen LogP contribution in [0.15, 0.2) is 48.5 Å². The van der Waals surface area contributed by atoms with Gasteiger partial charge in [0.15, 0.2) is 0 Å². The molecule has 0 aromatic heterocycles. The van der Waals surface area contributed by atoms with Gasteiger partial charge >= 0.3 is 0 Å². The second-order valence-electron chi connectivity index (χ2n) is 4.19. The summed E-state index contributed by atoms with van der Waals surface area (Å²) in [6.45, 7) is 1.67. The molecule has 2 rings (SSSR count). The highest BCUT2D eigenvalue weighted by atomic mass is 19.1. The SMILES string of the molecule is C[C@H](O)c1ccc(F)cc1/C=C/c1ccccc1. The van der Waals surface area contributed by atoms with Crippen molar-refractivity contribution in [1.29, 1.82) is 0 Å². The topological polar surface area (TPSA) is 20.2 Å². The van der Waals surface area contributed by atoms with Crippen molar-refractivity contribution in [1.82, 2.24) is 0 Å². The van der Waals surface area contributed by atoms with Crippen molar-refractivity contribution in [2.45, 2.75) is 13.0 Å². The summed E-state index contributed by atoms with van der Waals surface area (Å²) < 4.78 is 13.2. The lowest BCUT2D eigenvalue weighted by Gasteiger charge is -2.08. The van der Waals surface area contributed by atoms with Gasteiger partial charge in [0.1, 0.15) is 5.82 Å². The first kappa shape index (κ1) is 12.5. The van der Waals surface area contributed by atoms with E-state index in [-0.39, 0.29) is 5.82 Å². The van der Waals surface area contributed by atoms with Crippen molar-refractivity contribution in [3.8, 4) is 0 Å². The molecule has 1 N–H and O–H groups in total. The lowest BCUT2D eigenvalue weighted by atomic mass is 10.0. The number of rotatable bonds is 3. The highest BCUT2D eigenvalue weighted by Gasteiger charge is 2.06. The van der Waals surface area contributed by atoms with E-state index in [4.69, 9.17) is 0 Å². The van der Waals surface area contributed by atoms with Gasteiger partial charge in [-0.2, -0.15) is 0 Å². The van der Waals surface area contributed by atoms with Crippen molar-refractivity contribution in [3.63, 3.8) is 0 Å². The van der Waals surface area contributed by atoms with Gasteiger partial charge in [-0.25, -0.2) is 4.39 Å². The van der Waals surface area contributed by atoms with Crippen molar-refractivity contribution in [3.05, 3.63) is 71.0 Å². The summed E-state index contributed by atoms with van der Waals surface area (Å²) in [5, 5.41) is 9.64. The zero-order chi connectivity index (χ0) is 13.0. The van der Waals surface area contributed by atoms with Gasteiger partial charge in [-0.3, -0.25) is 0 Å². The molecule has 92 valence electrons. The van der Waals surface area contributed by atoms with Gasteiger partial charge in [-0.15, -0.1) is 0 Å². The average molecular weight is 242 g/mol. The highest BCUT2D eigenvalue weighted by molar-refractivity contribution is 5.71. The van der Waals surface area contributed by atoms with Gasteiger partial charge < -0.3 is 5.11 Å². The molecule has 2 aromatic carbocycles. The molecular weight excluding hydrogens is 227 g/mol. The molecule has 0 aliphatic rings. The van der Waals surface area contributed by atoms with Crippen molar-refractivity contribution in [2.75, 3.05) is 0 Å². The zero-order valence-electron chi connectivity index (χ0n) is 10.2. The Bertz CT molecular complexity index is 544. The molecule has 0 unspecified atom stereocenters. The van der Waals surface area contributed by atoms with E-state index in [1.165, 1.54) is 12.1 Å². The van der Waals surface area contributed by atoms with Crippen LogP contribution in [-0.4, -0.2) is 5.11 Å². The third-order valence-electron chi connectivity index (χ3n) is 2.75. The Labute approximate surface area is 106 Å². The molecule has 1 atom stereocenters. The first-order valence-electron chi connectivity index (χ1n) is 5.87. The second kappa shape index (κ2) is 5.61. The van der Waals surface area contributed by atoms with E-state index >= 15 is 0 Å². The third-order valence-corrected chi connectivity index (χ3v) is 2.75. The Morgan fingerprint density at radius 1 is 1.06 bits per heavy atom. The maximum absolute atomic E-state index is 13.2. The molecular formula is C16H15FO. The molecule has 0 aliphatic heterocycles. The average Bonchev–Trinajstić information content (AvgIpc) is 2.37. The van der Waals surface area contributed by atoms with Crippen LogP contribution in [0, 0.1) is 5.82 Å². The van der Waals surface area contributed by atoms with E-state index in [0.29, 0.717) is 5.56 Å². The lowest BCUT2D eigenvalue weighted by molar-refractivity contribution is 0.199. The van der Waals surface area contributed by atoms with Crippen LogP contribution < -0.4 is 0 Å². The van der Waals surface area contributed by atoms with E-state index in [1.54, 1.807) is 13.0 Å². The number of hydrogen-bond acceptors (Lipinski definition) is 1. The smallest absolute Gasteiger partial charge is 0.123 e. The number of benzene rings is 2. The maximum Gasteiger partial charge on any atom is 0.123 e. The lowest BCUT2D eigenvalue weighted by Crippen LogP contribution is -1.95. The molecule has 2 heteroatoms. The fourth-order valence-corrected chi connectivity index (χ4v) is 1.82. The quantitative estimate of drug-likeness (QED) is 0.805. The van der Waals surface area contributed by atoms with Crippen LogP contribution in [0.5, 0.6) is 0 Å². The summed E-state index contributed by atoms with van der Waals surface area (Å²) in [5.41, 5.74) is 2.47. The van der Waals surface area contributed by atoms with E-state index in [9.17, 15) is 9.50 Å². The van der Waals surface area contributed by atoms with Crippen molar-refractivity contribution >= 4 is 12.2 Å². The molecule has 0 aliphatic carbocycles. The van der Waals surface area contributed by atoms with E-state index in [0.717, 1.165) is 11.1 Å². The maximum atomic E-state index is 13.2. The Morgan fingerprint density at radius 3 is 2.44 bits per heavy atom. The minimum atomic E-state index is -0.610. The van der Waals surface area contributed by atoms with Gasteiger partial charge in [0.05, 0.1) is 6.10 Å². The van der Waals surface area contributed by atoms with Gasteiger partial charge in [0, 0.05) is 0 Å². The normalized spacial score (nSPS) is 12.8. The molecule has 0 amide bonds. The Morgan fingerprint density at radius 2 is 1.78 bits per heavy atom. The minimum absolute atomic E-state index is 0.299. The third kappa shape index (κ3) is 3.05. The summed E-state index contributed by atoms with van der Waals surface area (Å²) in [4.78, 5) is 0. The summed E-state index contributed by atoms with van der Waals surface area (Å²) in [6.07, 6.45) is 3.11. The van der Waals surface area contributed by atoms with Gasteiger partial charge in [0.2, 0.25) is 0 Å². The van der Waals surface area contributed by atoms with E-state index in [2.05, 4.69) is 0 Å². The van der Waals surface area contributed by atoms with Crippen molar-refractivity contribution < 1.29 is 9.50 Å². The molecule has 0 fully saturated rings. The Balaban J connectivity index is 2.33. The molecule has 0 bridgehead atoms. The molecule has 0 saturated heterocycles. The minimum Gasteiger partial charge on any atom is -0.389 e. The first-order chi connectivity index (χ1) is 8.66. The molecule has 0 heterocycles. The summed E-state index contributed by atoms with van der Waals surface area (Å²) in [5.74, 6) is -0.299. The molecule has 0 radical (unpaired) electrons. The molecule has 0 saturated carbocycles. The van der Waals surface area contributed by atoms with E-state index < -0.39 is 6.10 Å². The largest absolute Gasteiger partial charge is 0.389 e. The van der Waals surface area contributed by atoms with Crippen LogP contribution in [-0.2, 0) is 0 Å². The monoisotopic (exact) mass is 242 g/mol. The Kier molecular flexibility index (Phi) is 3.90. The molecule has 18 heavy (non-hydrogen) atoms. The highest BCUT2D eigenvalue weighted by Crippen LogP contribution is 2.21. The van der Waals surface area contributed by atoms with Gasteiger partial charge in [0.25, 0.3) is 0 Å². The Hall–Kier alpha value is -1.93. The molecule has 0 spiro atoms. The van der Waals surface area contributed by atoms with Crippen LogP contribution in [0.1, 0.15) is 29.7 Å². The molecule has 2 aromatic rings. The number of aliphatic hydroxyl groups is 1.